The molecule has 0 saturated carbocycles. The van der Waals surface area contributed by atoms with Gasteiger partial charge >= 0.3 is 0 Å². The number of rotatable bonds is 6. The highest BCUT2D eigenvalue weighted by molar-refractivity contribution is 7.14. The molecular formula is C20H19N3O2S. The second-order valence-corrected chi connectivity index (χ2v) is 6.75. The van der Waals surface area contributed by atoms with Gasteiger partial charge in [-0.2, -0.15) is 0 Å². The molecule has 2 amide bonds. The molecule has 0 aliphatic heterocycles. The smallest absolute Gasteiger partial charge is 0.251 e. The fourth-order valence-electron chi connectivity index (χ4n) is 2.47. The Hall–Kier alpha value is -2.99. The van der Waals surface area contributed by atoms with Crippen molar-refractivity contribution >= 4 is 28.3 Å². The monoisotopic (exact) mass is 365 g/mol. The van der Waals surface area contributed by atoms with Crippen LogP contribution in [0, 0.1) is 0 Å². The molecule has 5 nitrogen and oxygen atoms in total. The van der Waals surface area contributed by atoms with E-state index in [0.29, 0.717) is 10.7 Å². The predicted molar refractivity (Wildman–Crippen MR) is 104 cm³/mol. The van der Waals surface area contributed by atoms with Crippen molar-refractivity contribution in [2.45, 2.75) is 19.4 Å². The summed E-state index contributed by atoms with van der Waals surface area (Å²) >= 11 is 1.38. The number of thiazole rings is 1. The van der Waals surface area contributed by atoms with Crippen LogP contribution in [0.5, 0.6) is 0 Å². The zero-order valence-corrected chi connectivity index (χ0v) is 15.1. The lowest BCUT2D eigenvalue weighted by Gasteiger charge is -2.13. The highest BCUT2D eigenvalue weighted by Gasteiger charge is 2.14. The number of aromatic nitrogens is 1. The van der Waals surface area contributed by atoms with Gasteiger partial charge in [-0.25, -0.2) is 4.98 Å². The van der Waals surface area contributed by atoms with Crippen LogP contribution in [-0.2, 0) is 4.79 Å². The van der Waals surface area contributed by atoms with E-state index in [0.717, 1.165) is 11.3 Å². The van der Waals surface area contributed by atoms with Gasteiger partial charge in [0, 0.05) is 29.0 Å². The van der Waals surface area contributed by atoms with Gasteiger partial charge in [-0.1, -0.05) is 48.5 Å². The third-order valence-corrected chi connectivity index (χ3v) is 4.48. The second-order valence-electron chi connectivity index (χ2n) is 5.90. The van der Waals surface area contributed by atoms with Crippen LogP contribution in [-0.4, -0.2) is 22.8 Å². The fraction of sp³-hybridized carbons (Fsp3) is 0.150. The standard InChI is InChI=1S/C20H19N3O2S/c1-14(21-19(25)16-10-6-3-7-11-16)12-18(24)23-20-22-17(13-26-20)15-8-4-2-5-9-15/h2-11,13-14H,12H2,1H3,(H,21,25)(H,22,23,24)/t14-/m0/s1. The van der Waals surface area contributed by atoms with Gasteiger partial charge in [0.1, 0.15) is 0 Å². The summed E-state index contributed by atoms with van der Waals surface area (Å²) in [5.41, 5.74) is 2.41. The maximum absolute atomic E-state index is 12.2. The first-order valence-electron chi connectivity index (χ1n) is 8.28. The van der Waals surface area contributed by atoms with Gasteiger partial charge in [0.15, 0.2) is 5.13 Å². The van der Waals surface area contributed by atoms with Crippen molar-refractivity contribution in [3.63, 3.8) is 0 Å². The van der Waals surface area contributed by atoms with E-state index >= 15 is 0 Å². The number of nitrogens with one attached hydrogen (secondary N) is 2. The molecular weight excluding hydrogens is 346 g/mol. The lowest BCUT2D eigenvalue weighted by molar-refractivity contribution is -0.116. The number of carbonyl (C=O) groups is 2. The van der Waals surface area contributed by atoms with Crippen molar-refractivity contribution in [3.8, 4) is 11.3 Å². The van der Waals surface area contributed by atoms with Crippen LogP contribution < -0.4 is 10.6 Å². The molecule has 0 fully saturated rings. The molecule has 0 spiro atoms. The minimum atomic E-state index is -0.281. The number of amides is 2. The molecule has 3 rings (SSSR count). The lowest BCUT2D eigenvalue weighted by atomic mass is 10.1. The molecule has 26 heavy (non-hydrogen) atoms. The molecule has 132 valence electrons. The van der Waals surface area contributed by atoms with Gasteiger partial charge in [-0.05, 0) is 19.1 Å². The van der Waals surface area contributed by atoms with Crippen molar-refractivity contribution < 1.29 is 9.59 Å². The third kappa shape index (κ3) is 4.77. The average molecular weight is 365 g/mol. The SMILES string of the molecule is C[C@@H](CC(=O)Nc1nc(-c2ccccc2)cs1)NC(=O)c1ccccc1. The molecule has 0 unspecified atom stereocenters. The highest BCUT2D eigenvalue weighted by atomic mass is 32.1. The summed E-state index contributed by atoms with van der Waals surface area (Å²) in [7, 11) is 0. The summed E-state index contributed by atoms with van der Waals surface area (Å²) < 4.78 is 0. The van der Waals surface area contributed by atoms with Crippen LogP contribution in [0.1, 0.15) is 23.7 Å². The maximum atomic E-state index is 12.2. The molecule has 3 aromatic rings. The Morgan fingerprint density at radius 2 is 1.69 bits per heavy atom. The Labute approximate surface area is 156 Å². The summed E-state index contributed by atoms with van der Waals surface area (Å²) in [6, 6.07) is 18.5. The molecule has 0 aliphatic carbocycles. The number of hydrogen-bond donors (Lipinski definition) is 2. The molecule has 2 N–H and O–H groups in total. The van der Waals surface area contributed by atoms with E-state index in [9.17, 15) is 9.59 Å². The summed E-state index contributed by atoms with van der Waals surface area (Å²) in [4.78, 5) is 28.7. The van der Waals surface area contributed by atoms with Crippen molar-refractivity contribution in [2.24, 2.45) is 0 Å². The zero-order chi connectivity index (χ0) is 18.4. The van der Waals surface area contributed by atoms with Crippen molar-refractivity contribution in [3.05, 3.63) is 71.6 Å². The van der Waals surface area contributed by atoms with Gasteiger partial charge in [0.2, 0.25) is 5.91 Å². The van der Waals surface area contributed by atoms with Gasteiger partial charge in [-0.3, -0.25) is 9.59 Å². The summed E-state index contributed by atoms with van der Waals surface area (Å²) in [6.07, 6.45) is 0.179. The minimum Gasteiger partial charge on any atom is -0.349 e. The van der Waals surface area contributed by atoms with Crippen LogP contribution in [0.15, 0.2) is 66.0 Å². The van der Waals surface area contributed by atoms with Gasteiger partial charge in [0.25, 0.3) is 5.91 Å². The molecule has 1 heterocycles. The number of nitrogens with zero attached hydrogens (tertiary/aromatic N) is 1. The van der Waals surface area contributed by atoms with Crippen molar-refractivity contribution in [1.82, 2.24) is 10.3 Å². The van der Waals surface area contributed by atoms with E-state index in [1.807, 2.05) is 41.8 Å². The van der Waals surface area contributed by atoms with Crippen LogP contribution in [0.3, 0.4) is 0 Å². The molecule has 2 aromatic carbocycles. The predicted octanol–water partition coefficient (Wildman–Crippen LogP) is 3.96. The molecule has 1 atom stereocenters. The number of anilines is 1. The number of benzene rings is 2. The average Bonchev–Trinajstić information content (AvgIpc) is 3.11. The van der Waals surface area contributed by atoms with Crippen LogP contribution in [0.2, 0.25) is 0 Å². The Morgan fingerprint density at radius 1 is 1.04 bits per heavy atom. The van der Waals surface area contributed by atoms with E-state index in [1.165, 1.54) is 11.3 Å². The van der Waals surface area contributed by atoms with E-state index < -0.39 is 0 Å². The molecule has 0 bridgehead atoms. The summed E-state index contributed by atoms with van der Waals surface area (Å²) in [6.45, 7) is 1.80. The van der Waals surface area contributed by atoms with Crippen LogP contribution >= 0.6 is 11.3 Å². The Morgan fingerprint density at radius 3 is 2.38 bits per heavy atom. The Bertz CT molecular complexity index is 878. The normalized spacial score (nSPS) is 11.6. The molecule has 0 saturated heterocycles. The highest BCUT2D eigenvalue weighted by Crippen LogP contribution is 2.24. The van der Waals surface area contributed by atoms with Gasteiger partial charge < -0.3 is 10.6 Å². The zero-order valence-electron chi connectivity index (χ0n) is 14.3. The third-order valence-electron chi connectivity index (χ3n) is 3.73. The topological polar surface area (TPSA) is 71.1 Å². The number of carbonyl (C=O) groups excluding carboxylic acids is 2. The maximum Gasteiger partial charge on any atom is 0.251 e. The first-order chi connectivity index (χ1) is 12.6. The molecule has 0 radical (unpaired) electrons. The molecule has 6 heteroatoms. The van der Waals surface area contributed by atoms with E-state index in [2.05, 4.69) is 15.6 Å². The molecule has 0 aliphatic rings. The lowest BCUT2D eigenvalue weighted by Crippen LogP contribution is -2.35. The Kier molecular flexibility index (Phi) is 5.76. The molecule has 1 aromatic heterocycles. The Balaban J connectivity index is 1.52. The van der Waals surface area contributed by atoms with Gasteiger partial charge in [0.05, 0.1) is 5.69 Å². The van der Waals surface area contributed by atoms with E-state index in [1.54, 1.807) is 31.2 Å². The quantitative estimate of drug-likeness (QED) is 0.695. The van der Waals surface area contributed by atoms with Gasteiger partial charge in [-0.15, -0.1) is 11.3 Å². The van der Waals surface area contributed by atoms with Crippen LogP contribution in [0.25, 0.3) is 11.3 Å². The first kappa shape index (κ1) is 17.8. The van der Waals surface area contributed by atoms with Crippen molar-refractivity contribution in [2.75, 3.05) is 5.32 Å². The van der Waals surface area contributed by atoms with E-state index in [-0.39, 0.29) is 24.3 Å². The van der Waals surface area contributed by atoms with Crippen LogP contribution in [0.4, 0.5) is 5.13 Å². The number of hydrogen-bond acceptors (Lipinski definition) is 4. The fourth-order valence-corrected chi connectivity index (χ4v) is 3.20. The summed E-state index contributed by atoms with van der Waals surface area (Å²) in [5, 5.41) is 8.08. The summed E-state index contributed by atoms with van der Waals surface area (Å²) in [5.74, 6) is -0.369. The van der Waals surface area contributed by atoms with Crippen molar-refractivity contribution in [1.29, 1.82) is 0 Å². The largest absolute Gasteiger partial charge is 0.349 e. The minimum absolute atomic E-state index is 0.179. The van der Waals surface area contributed by atoms with E-state index in [4.69, 9.17) is 0 Å². The second kappa shape index (κ2) is 8.40. The first-order valence-corrected chi connectivity index (χ1v) is 9.16.